The topological polar surface area (TPSA) is 78.4 Å². The van der Waals surface area contributed by atoms with Gasteiger partial charge in [-0.25, -0.2) is 0 Å². The van der Waals surface area contributed by atoms with Gasteiger partial charge >= 0.3 is 10.3 Å². The Morgan fingerprint density at radius 3 is 2.83 bits per heavy atom. The highest BCUT2D eigenvalue weighted by Crippen LogP contribution is 2.60. The first kappa shape index (κ1) is 16.4. The lowest BCUT2D eigenvalue weighted by molar-refractivity contribution is 0.0599. The molecule has 0 aromatic heterocycles. The summed E-state index contributed by atoms with van der Waals surface area (Å²) in [5.74, 6) is 2.35. The van der Waals surface area contributed by atoms with Crippen LogP contribution >= 0.6 is 0 Å². The second-order valence-electron chi connectivity index (χ2n) is 8.12. The average Bonchev–Trinajstić information content (AvgIpc) is 2.93. The normalized spacial score (nSPS) is 35.0. The maximum Gasteiger partial charge on any atom is 0.350 e. The molecular weight excluding hydrogens is 324 g/mol. The molecule has 3 aliphatic rings. The van der Waals surface area contributed by atoms with E-state index in [0.29, 0.717) is 17.0 Å². The third-order valence-corrected chi connectivity index (χ3v) is 7.19. The van der Waals surface area contributed by atoms with Crippen LogP contribution in [0.4, 0.5) is 5.69 Å². The van der Waals surface area contributed by atoms with Crippen molar-refractivity contribution in [1.29, 1.82) is 0 Å². The molecule has 0 aliphatic heterocycles. The number of anilines is 1. The number of fused-ring (bicyclic) bond motifs is 5. The van der Waals surface area contributed by atoms with Crippen molar-refractivity contribution in [3.05, 3.63) is 29.3 Å². The molecule has 3 aliphatic carbocycles. The molecule has 4 atom stereocenters. The Labute approximate surface area is 144 Å². The van der Waals surface area contributed by atoms with E-state index in [9.17, 15) is 8.42 Å². The van der Waals surface area contributed by atoms with Crippen LogP contribution in [-0.4, -0.2) is 13.0 Å². The van der Waals surface area contributed by atoms with Crippen LogP contribution in [-0.2, 0) is 16.7 Å². The van der Waals surface area contributed by atoms with Gasteiger partial charge in [-0.05, 0) is 85.0 Å². The molecule has 1 aromatic rings. The highest BCUT2D eigenvalue weighted by molar-refractivity contribution is 7.83. The molecule has 0 amide bonds. The molecule has 0 bridgehead atoms. The highest BCUT2D eigenvalue weighted by atomic mass is 32.2. The highest BCUT2D eigenvalue weighted by Gasteiger charge is 2.50. The fourth-order valence-corrected chi connectivity index (χ4v) is 6.02. The van der Waals surface area contributed by atoms with E-state index in [4.69, 9.17) is 4.55 Å². The molecule has 2 fully saturated rings. The van der Waals surface area contributed by atoms with Gasteiger partial charge in [0, 0.05) is 0 Å². The van der Waals surface area contributed by atoms with E-state index in [2.05, 4.69) is 18.4 Å². The smallest absolute Gasteiger partial charge is 0.306 e. The van der Waals surface area contributed by atoms with Crippen LogP contribution in [0.2, 0.25) is 0 Å². The van der Waals surface area contributed by atoms with E-state index in [-0.39, 0.29) is 0 Å². The molecule has 1 aromatic carbocycles. The molecule has 132 valence electrons. The summed E-state index contributed by atoms with van der Waals surface area (Å²) in [6.45, 7) is 2.50. The van der Waals surface area contributed by atoms with Gasteiger partial charge in [-0.2, -0.15) is 8.42 Å². The van der Waals surface area contributed by atoms with Crippen LogP contribution in [0.1, 0.15) is 62.5 Å². The van der Waals surface area contributed by atoms with Crippen LogP contribution in [0.15, 0.2) is 18.2 Å². The predicted molar refractivity (Wildman–Crippen MR) is 94.0 cm³/mol. The van der Waals surface area contributed by atoms with E-state index < -0.39 is 10.3 Å². The summed E-state index contributed by atoms with van der Waals surface area (Å²) in [7, 11) is -4.24. The van der Waals surface area contributed by atoms with Gasteiger partial charge in [0.25, 0.3) is 0 Å². The van der Waals surface area contributed by atoms with Gasteiger partial charge in [-0.1, -0.05) is 19.4 Å². The average molecular weight is 350 g/mol. The number of hydrogen-bond acceptors (Lipinski definition) is 3. The van der Waals surface area contributed by atoms with Gasteiger partial charge in [0.15, 0.2) is 0 Å². The third kappa shape index (κ3) is 2.85. The Bertz CT molecular complexity index is 749. The summed E-state index contributed by atoms with van der Waals surface area (Å²) in [6, 6.07) is 6.08. The molecule has 6 heteroatoms. The van der Waals surface area contributed by atoms with E-state index in [0.717, 1.165) is 18.3 Å². The number of aryl methyl sites for hydroxylation is 1. The van der Waals surface area contributed by atoms with Gasteiger partial charge in [-0.15, -0.1) is 4.83 Å². The van der Waals surface area contributed by atoms with Crippen molar-refractivity contribution in [2.24, 2.45) is 17.3 Å². The number of hydrazine groups is 1. The van der Waals surface area contributed by atoms with Gasteiger partial charge in [-0.3, -0.25) is 4.55 Å². The first-order chi connectivity index (χ1) is 11.4. The molecule has 5 nitrogen and oxygen atoms in total. The monoisotopic (exact) mass is 350 g/mol. The molecule has 0 saturated heterocycles. The van der Waals surface area contributed by atoms with Crippen molar-refractivity contribution >= 4 is 16.0 Å². The largest absolute Gasteiger partial charge is 0.350 e. The third-order valence-electron chi connectivity index (χ3n) is 6.83. The standard InChI is InChI=1S/C18H26N2O3S/c1-18-9-2-3-17(18)16-6-4-12-11-13(19-20-24(21,22)23)5-7-14(12)15(16)8-10-18/h5,7,11,15-17,19-20H,2-4,6,8-10H2,1H3,(H,21,22,23)/t15?,16?,17?,18-/m0/s1. The molecule has 0 spiro atoms. The Balaban J connectivity index is 1.57. The van der Waals surface area contributed by atoms with Crippen molar-refractivity contribution in [3.8, 4) is 0 Å². The summed E-state index contributed by atoms with van der Waals surface area (Å²) in [4.78, 5) is 1.91. The lowest BCUT2D eigenvalue weighted by Gasteiger charge is -2.49. The molecule has 24 heavy (non-hydrogen) atoms. The van der Waals surface area contributed by atoms with Crippen molar-refractivity contribution in [2.75, 3.05) is 5.43 Å². The zero-order chi connectivity index (χ0) is 16.9. The Morgan fingerprint density at radius 2 is 2.04 bits per heavy atom. The second kappa shape index (κ2) is 5.71. The van der Waals surface area contributed by atoms with Crippen molar-refractivity contribution in [1.82, 2.24) is 4.83 Å². The fraction of sp³-hybridized carbons (Fsp3) is 0.667. The summed E-state index contributed by atoms with van der Waals surface area (Å²) in [5, 5.41) is 0. The van der Waals surface area contributed by atoms with Gasteiger partial charge in [0.2, 0.25) is 0 Å². The Morgan fingerprint density at radius 1 is 1.21 bits per heavy atom. The minimum atomic E-state index is -4.24. The fourth-order valence-electron chi connectivity index (χ4n) is 5.78. The van der Waals surface area contributed by atoms with Crippen molar-refractivity contribution in [2.45, 2.75) is 57.8 Å². The zero-order valence-corrected chi connectivity index (χ0v) is 14.9. The van der Waals surface area contributed by atoms with Crippen LogP contribution < -0.4 is 10.3 Å². The summed E-state index contributed by atoms with van der Waals surface area (Å²) in [6.07, 6.45) is 9.10. The second-order valence-corrected chi connectivity index (χ2v) is 9.27. The van der Waals surface area contributed by atoms with Crippen LogP contribution in [0.3, 0.4) is 0 Å². The molecule has 0 heterocycles. The maximum atomic E-state index is 10.8. The van der Waals surface area contributed by atoms with E-state index in [1.54, 1.807) is 0 Å². The molecule has 4 rings (SSSR count). The molecule has 3 unspecified atom stereocenters. The lowest BCUT2D eigenvalue weighted by atomic mass is 9.56. The van der Waals surface area contributed by atoms with Crippen LogP contribution in [0.5, 0.6) is 0 Å². The molecular formula is C18H26N2O3S. The number of benzene rings is 1. The summed E-state index contributed by atoms with van der Waals surface area (Å²) >= 11 is 0. The van der Waals surface area contributed by atoms with E-state index >= 15 is 0 Å². The molecule has 3 N–H and O–H groups in total. The summed E-state index contributed by atoms with van der Waals surface area (Å²) < 4.78 is 30.4. The van der Waals surface area contributed by atoms with E-state index in [1.807, 2.05) is 17.0 Å². The first-order valence-corrected chi connectivity index (χ1v) is 10.4. The van der Waals surface area contributed by atoms with Gasteiger partial charge < -0.3 is 5.43 Å². The minimum absolute atomic E-state index is 0.569. The quantitative estimate of drug-likeness (QED) is 0.574. The lowest BCUT2D eigenvalue weighted by Crippen LogP contribution is -2.39. The Hall–Kier alpha value is -1.11. The van der Waals surface area contributed by atoms with Gasteiger partial charge in [0.05, 0.1) is 5.69 Å². The maximum absolute atomic E-state index is 10.8. The first-order valence-electron chi connectivity index (χ1n) is 8.99. The van der Waals surface area contributed by atoms with Gasteiger partial charge in [0.1, 0.15) is 0 Å². The van der Waals surface area contributed by atoms with Crippen molar-refractivity contribution in [3.63, 3.8) is 0 Å². The van der Waals surface area contributed by atoms with Crippen LogP contribution in [0.25, 0.3) is 0 Å². The molecule has 0 radical (unpaired) electrons. The Kier molecular flexibility index (Phi) is 3.90. The minimum Gasteiger partial charge on any atom is -0.306 e. The molecule has 2 saturated carbocycles. The number of hydrogen-bond donors (Lipinski definition) is 3. The van der Waals surface area contributed by atoms with E-state index in [1.165, 1.54) is 49.7 Å². The predicted octanol–water partition coefficient (Wildman–Crippen LogP) is 3.65. The zero-order valence-electron chi connectivity index (χ0n) is 14.1. The summed E-state index contributed by atoms with van der Waals surface area (Å²) in [5.41, 5.74) is 6.58. The van der Waals surface area contributed by atoms with Crippen molar-refractivity contribution < 1.29 is 13.0 Å². The SMILES string of the molecule is C[C@@]12CCCC1C1CCc3cc(NNS(=O)(=O)O)ccc3C1CC2. The number of nitrogens with one attached hydrogen (secondary N) is 2. The van der Waals surface area contributed by atoms with Crippen LogP contribution in [0, 0.1) is 17.3 Å². The number of rotatable bonds is 3.